The van der Waals surface area contributed by atoms with Crippen molar-refractivity contribution in [3.05, 3.63) is 29.3 Å². The molecule has 0 aromatic heterocycles. The molecule has 1 aromatic rings. The molecule has 0 N–H and O–H groups in total. The van der Waals surface area contributed by atoms with Crippen LogP contribution in [0.1, 0.15) is 56.5 Å². The fraction of sp³-hybridized carbons (Fsp3) is 0.619. The van der Waals surface area contributed by atoms with E-state index in [-0.39, 0.29) is 17.2 Å². The molecule has 0 saturated carbocycles. The lowest BCUT2D eigenvalue weighted by Crippen LogP contribution is -2.38. The third kappa shape index (κ3) is 5.48. The van der Waals surface area contributed by atoms with Crippen molar-refractivity contribution in [1.29, 1.82) is 0 Å². The molecule has 0 radical (unpaired) electrons. The fourth-order valence-electron chi connectivity index (χ4n) is 3.22. The van der Waals surface area contributed by atoms with Crippen LogP contribution in [0.4, 0.5) is 0 Å². The number of carbonyl (C=O) groups is 2. The Morgan fingerprint density at radius 1 is 1.08 bits per heavy atom. The largest absolute Gasteiger partial charge is 0.494 e. The first-order chi connectivity index (χ1) is 12.2. The highest BCUT2D eigenvalue weighted by atomic mass is 16.5. The van der Waals surface area contributed by atoms with Gasteiger partial charge in [0.15, 0.2) is 0 Å². The van der Waals surface area contributed by atoms with Gasteiger partial charge in [-0.25, -0.2) is 0 Å². The molecule has 1 fully saturated rings. The number of carbonyl (C=O) groups excluding carboxylic acids is 2. The summed E-state index contributed by atoms with van der Waals surface area (Å²) in [6.45, 7) is 13.3. The van der Waals surface area contributed by atoms with Gasteiger partial charge in [-0.05, 0) is 49.4 Å². The minimum absolute atomic E-state index is 0.0152. The van der Waals surface area contributed by atoms with Crippen LogP contribution in [0.25, 0.3) is 0 Å². The van der Waals surface area contributed by atoms with Crippen molar-refractivity contribution >= 4 is 11.8 Å². The number of amides is 2. The van der Waals surface area contributed by atoms with Crippen molar-refractivity contribution in [1.82, 2.24) is 9.80 Å². The summed E-state index contributed by atoms with van der Waals surface area (Å²) in [4.78, 5) is 29.1. The first kappa shape index (κ1) is 20.3. The van der Waals surface area contributed by atoms with Crippen LogP contribution in [0.15, 0.2) is 18.2 Å². The molecule has 0 aliphatic carbocycles. The van der Waals surface area contributed by atoms with Gasteiger partial charge in [0.05, 0.1) is 6.61 Å². The molecule has 1 aliphatic rings. The van der Waals surface area contributed by atoms with Crippen LogP contribution in [-0.2, 0) is 4.79 Å². The number of hydrogen-bond acceptors (Lipinski definition) is 3. The highest BCUT2D eigenvalue weighted by molar-refractivity contribution is 5.94. The molecule has 1 heterocycles. The van der Waals surface area contributed by atoms with E-state index in [1.54, 1.807) is 0 Å². The molecule has 0 atom stereocenters. The number of aryl methyl sites for hydroxylation is 1. The predicted molar refractivity (Wildman–Crippen MR) is 104 cm³/mol. The van der Waals surface area contributed by atoms with E-state index in [9.17, 15) is 9.59 Å². The fourth-order valence-corrected chi connectivity index (χ4v) is 3.22. The average Bonchev–Trinajstić information content (AvgIpc) is 2.81. The molecule has 2 rings (SSSR count). The zero-order valence-corrected chi connectivity index (χ0v) is 16.8. The van der Waals surface area contributed by atoms with E-state index < -0.39 is 0 Å². The number of nitrogens with zero attached hydrogens (tertiary/aromatic N) is 2. The van der Waals surface area contributed by atoms with Crippen molar-refractivity contribution in [3.63, 3.8) is 0 Å². The van der Waals surface area contributed by atoms with Crippen molar-refractivity contribution in [3.8, 4) is 5.75 Å². The Balaban J connectivity index is 2.01. The van der Waals surface area contributed by atoms with Gasteiger partial charge in [-0.3, -0.25) is 9.59 Å². The third-order valence-corrected chi connectivity index (χ3v) is 4.54. The standard InChI is InChI=1S/C21H32N2O3/c1-6-26-18-9-8-17(14-16(18)2)20(25)23-11-7-10-22(12-13-23)19(24)15-21(3,4)5/h8-9,14H,6-7,10-13,15H2,1-5H3. The van der Waals surface area contributed by atoms with Crippen molar-refractivity contribution in [2.75, 3.05) is 32.8 Å². The van der Waals surface area contributed by atoms with Gasteiger partial charge in [0, 0.05) is 38.2 Å². The first-order valence-electron chi connectivity index (χ1n) is 9.52. The number of rotatable bonds is 4. The summed E-state index contributed by atoms with van der Waals surface area (Å²) in [6.07, 6.45) is 1.36. The summed E-state index contributed by atoms with van der Waals surface area (Å²) >= 11 is 0. The molecule has 1 saturated heterocycles. The molecule has 0 spiro atoms. The van der Waals surface area contributed by atoms with Gasteiger partial charge >= 0.3 is 0 Å². The van der Waals surface area contributed by atoms with Crippen LogP contribution in [0.3, 0.4) is 0 Å². The number of benzene rings is 1. The normalized spacial score (nSPS) is 15.6. The van der Waals surface area contributed by atoms with E-state index in [4.69, 9.17) is 4.74 Å². The van der Waals surface area contributed by atoms with Gasteiger partial charge < -0.3 is 14.5 Å². The van der Waals surface area contributed by atoms with Gasteiger partial charge in [0.25, 0.3) is 5.91 Å². The Labute approximate surface area is 157 Å². The minimum atomic E-state index is -0.0152. The molecule has 26 heavy (non-hydrogen) atoms. The molecule has 0 bridgehead atoms. The second-order valence-electron chi connectivity index (χ2n) is 8.18. The maximum Gasteiger partial charge on any atom is 0.253 e. The molecular weight excluding hydrogens is 328 g/mol. The smallest absolute Gasteiger partial charge is 0.253 e. The second-order valence-corrected chi connectivity index (χ2v) is 8.18. The second kappa shape index (κ2) is 8.56. The highest BCUT2D eigenvalue weighted by Gasteiger charge is 2.25. The maximum atomic E-state index is 12.9. The Morgan fingerprint density at radius 2 is 1.73 bits per heavy atom. The van der Waals surface area contributed by atoms with Crippen LogP contribution < -0.4 is 4.74 Å². The van der Waals surface area contributed by atoms with Crippen LogP contribution in [0.5, 0.6) is 5.75 Å². The number of hydrogen-bond donors (Lipinski definition) is 0. The first-order valence-corrected chi connectivity index (χ1v) is 9.52. The van der Waals surface area contributed by atoms with Gasteiger partial charge in [-0.15, -0.1) is 0 Å². The van der Waals surface area contributed by atoms with Gasteiger partial charge in [-0.2, -0.15) is 0 Å². The van der Waals surface area contributed by atoms with Crippen molar-refractivity contribution in [2.24, 2.45) is 5.41 Å². The molecule has 0 unspecified atom stereocenters. The summed E-state index contributed by atoms with van der Waals surface area (Å²) < 4.78 is 5.55. The van der Waals surface area contributed by atoms with Crippen LogP contribution in [-0.4, -0.2) is 54.4 Å². The predicted octanol–water partition coefficient (Wildman–Crippen LogP) is 3.50. The van der Waals surface area contributed by atoms with Crippen LogP contribution in [0, 0.1) is 12.3 Å². The Bertz CT molecular complexity index is 649. The summed E-state index contributed by atoms with van der Waals surface area (Å²) in [5.41, 5.74) is 1.63. The lowest BCUT2D eigenvalue weighted by atomic mass is 9.91. The molecule has 5 heteroatoms. The average molecular weight is 360 g/mol. The van der Waals surface area contributed by atoms with E-state index in [0.717, 1.165) is 24.3 Å². The van der Waals surface area contributed by atoms with E-state index >= 15 is 0 Å². The molecule has 2 amide bonds. The lowest BCUT2D eigenvalue weighted by Gasteiger charge is -2.26. The molecular formula is C21H32N2O3. The SMILES string of the molecule is CCOc1ccc(C(=O)N2CCCN(C(=O)CC(C)(C)C)CC2)cc1C. The quantitative estimate of drug-likeness (QED) is 0.826. The Kier molecular flexibility index (Phi) is 6.68. The van der Waals surface area contributed by atoms with E-state index in [0.29, 0.717) is 38.2 Å². The van der Waals surface area contributed by atoms with Crippen LogP contribution >= 0.6 is 0 Å². The third-order valence-electron chi connectivity index (χ3n) is 4.54. The Morgan fingerprint density at radius 3 is 2.35 bits per heavy atom. The molecule has 1 aromatic carbocycles. The number of ether oxygens (including phenoxy) is 1. The summed E-state index contributed by atoms with van der Waals surface area (Å²) in [5.74, 6) is 1.03. The zero-order valence-electron chi connectivity index (χ0n) is 16.8. The van der Waals surface area contributed by atoms with E-state index in [2.05, 4.69) is 20.8 Å². The Hall–Kier alpha value is -2.04. The summed E-state index contributed by atoms with van der Waals surface area (Å²) in [7, 11) is 0. The molecule has 5 nitrogen and oxygen atoms in total. The monoisotopic (exact) mass is 360 g/mol. The highest BCUT2D eigenvalue weighted by Crippen LogP contribution is 2.22. The maximum absolute atomic E-state index is 12.9. The van der Waals surface area contributed by atoms with Crippen molar-refractivity contribution in [2.45, 2.75) is 47.5 Å². The van der Waals surface area contributed by atoms with E-state index in [1.165, 1.54) is 0 Å². The molecule has 144 valence electrons. The topological polar surface area (TPSA) is 49.9 Å². The van der Waals surface area contributed by atoms with E-state index in [1.807, 2.05) is 41.8 Å². The van der Waals surface area contributed by atoms with Gasteiger partial charge in [-0.1, -0.05) is 20.8 Å². The minimum Gasteiger partial charge on any atom is -0.494 e. The molecule has 1 aliphatic heterocycles. The van der Waals surface area contributed by atoms with Gasteiger partial charge in [0.1, 0.15) is 5.75 Å². The summed E-state index contributed by atoms with van der Waals surface area (Å²) in [6, 6.07) is 5.58. The van der Waals surface area contributed by atoms with Crippen LogP contribution in [0.2, 0.25) is 0 Å². The lowest BCUT2D eigenvalue weighted by molar-refractivity contribution is -0.132. The van der Waals surface area contributed by atoms with Gasteiger partial charge in [0.2, 0.25) is 5.91 Å². The summed E-state index contributed by atoms with van der Waals surface area (Å²) in [5, 5.41) is 0. The zero-order chi connectivity index (χ0) is 19.3. The van der Waals surface area contributed by atoms with Crippen molar-refractivity contribution < 1.29 is 14.3 Å².